The van der Waals surface area contributed by atoms with Crippen LogP contribution in [0.25, 0.3) is 0 Å². The third kappa shape index (κ3) is 4.25. The predicted octanol–water partition coefficient (Wildman–Crippen LogP) is 4.03. The lowest BCUT2D eigenvalue weighted by Crippen LogP contribution is -2.46. The van der Waals surface area contributed by atoms with Crippen LogP contribution in [-0.2, 0) is 6.54 Å². The molecule has 0 bridgehead atoms. The fourth-order valence-electron chi connectivity index (χ4n) is 3.61. The standard InChI is InChI=1S/C23H27N5/c1-18-8-6-7-9-20(18)17-24-23-25-19(2)16-22(26-23)28-14-12-27(13-15-28)21-10-4-3-5-11-21/h3-11,16H,12-15,17H2,1-2H3,(H,24,25,26). The second-order valence-corrected chi connectivity index (χ2v) is 7.28. The van der Waals surface area contributed by atoms with Crippen molar-refractivity contribution in [2.75, 3.05) is 41.3 Å². The normalized spacial score (nSPS) is 14.2. The Morgan fingerprint density at radius 2 is 1.50 bits per heavy atom. The summed E-state index contributed by atoms with van der Waals surface area (Å²) in [5.41, 5.74) is 4.83. The Hall–Kier alpha value is -3.08. The predicted molar refractivity (Wildman–Crippen MR) is 116 cm³/mol. The van der Waals surface area contributed by atoms with E-state index < -0.39 is 0 Å². The molecule has 3 aromatic rings. The van der Waals surface area contributed by atoms with E-state index in [1.54, 1.807) is 0 Å². The summed E-state index contributed by atoms with van der Waals surface area (Å²) in [5.74, 6) is 1.70. The minimum absolute atomic E-state index is 0.698. The summed E-state index contributed by atoms with van der Waals surface area (Å²) >= 11 is 0. The smallest absolute Gasteiger partial charge is 0.225 e. The summed E-state index contributed by atoms with van der Waals surface area (Å²) in [6.45, 7) is 8.82. The first kappa shape index (κ1) is 18.3. The van der Waals surface area contributed by atoms with E-state index in [0.29, 0.717) is 5.95 Å². The molecule has 1 aliphatic heterocycles. The number of aryl methyl sites for hydroxylation is 2. The van der Waals surface area contributed by atoms with Crippen LogP contribution in [0.5, 0.6) is 0 Å². The third-order valence-electron chi connectivity index (χ3n) is 5.26. The van der Waals surface area contributed by atoms with Crippen molar-refractivity contribution >= 4 is 17.5 Å². The van der Waals surface area contributed by atoms with Crippen LogP contribution in [-0.4, -0.2) is 36.1 Å². The molecule has 28 heavy (non-hydrogen) atoms. The van der Waals surface area contributed by atoms with Gasteiger partial charge in [0.15, 0.2) is 0 Å². The highest BCUT2D eigenvalue weighted by molar-refractivity contribution is 5.50. The molecule has 0 saturated carbocycles. The number of nitrogens with one attached hydrogen (secondary N) is 1. The minimum atomic E-state index is 0.698. The number of piperazine rings is 1. The lowest BCUT2D eigenvalue weighted by atomic mass is 10.1. The highest BCUT2D eigenvalue weighted by Crippen LogP contribution is 2.21. The molecule has 1 aromatic heterocycles. The van der Waals surface area contributed by atoms with E-state index in [1.807, 2.05) is 6.92 Å². The van der Waals surface area contributed by atoms with Crippen LogP contribution in [0.4, 0.5) is 17.5 Å². The number of anilines is 3. The number of aromatic nitrogens is 2. The zero-order valence-electron chi connectivity index (χ0n) is 16.6. The number of rotatable bonds is 5. The first-order valence-electron chi connectivity index (χ1n) is 9.88. The molecule has 5 heteroatoms. The van der Waals surface area contributed by atoms with E-state index in [0.717, 1.165) is 44.2 Å². The van der Waals surface area contributed by atoms with Gasteiger partial charge in [-0.2, -0.15) is 4.98 Å². The van der Waals surface area contributed by atoms with Gasteiger partial charge in [-0.1, -0.05) is 42.5 Å². The van der Waals surface area contributed by atoms with Gasteiger partial charge >= 0.3 is 0 Å². The van der Waals surface area contributed by atoms with Crippen LogP contribution in [0.3, 0.4) is 0 Å². The van der Waals surface area contributed by atoms with Crippen molar-refractivity contribution in [3.8, 4) is 0 Å². The largest absolute Gasteiger partial charge is 0.368 e. The molecule has 0 amide bonds. The molecule has 1 aliphatic rings. The van der Waals surface area contributed by atoms with Gasteiger partial charge in [-0.3, -0.25) is 0 Å². The molecule has 0 spiro atoms. The van der Waals surface area contributed by atoms with Crippen LogP contribution < -0.4 is 15.1 Å². The lowest BCUT2D eigenvalue weighted by molar-refractivity contribution is 0.646. The van der Waals surface area contributed by atoms with Crippen LogP contribution in [0, 0.1) is 13.8 Å². The van der Waals surface area contributed by atoms with E-state index >= 15 is 0 Å². The van der Waals surface area contributed by atoms with Crippen molar-refractivity contribution in [1.82, 2.24) is 9.97 Å². The summed E-state index contributed by atoms with van der Waals surface area (Å²) in [6.07, 6.45) is 0. The summed E-state index contributed by atoms with van der Waals surface area (Å²) in [5, 5.41) is 3.40. The first-order chi connectivity index (χ1) is 13.7. The molecule has 0 radical (unpaired) electrons. The quantitative estimate of drug-likeness (QED) is 0.731. The number of hydrogen-bond acceptors (Lipinski definition) is 5. The monoisotopic (exact) mass is 373 g/mol. The SMILES string of the molecule is Cc1cc(N2CCN(c3ccccc3)CC2)nc(NCc2ccccc2C)n1. The fourth-order valence-corrected chi connectivity index (χ4v) is 3.61. The van der Waals surface area contributed by atoms with Gasteiger partial charge in [0, 0.05) is 50.2 Å². The Morgan fingerprint density at radius 1 is 0.821 bits per heavy atom. The van der Waals surface area contributed by atoms with Crippen LogP contribution in [0.2, 0.25) is 0 Å². The van der Waals surface area contributed by atoms with Gasteiger partial charge in [0.25, 0.3) is 0 Å². The van der Waals surface area contributed by atoms with E-state index in [1.165, 1.54) is 16.8 Å². The highest BCUT2D eigenvalue weighted by Gasteiger charge is 2.19. The zero-order valence-corrected chi connectivity index (χ0v) is 16.6. The van der Waals surface area contributed by atoms with Gasteiger partial charge in [-0.25, -0.2) is 4.98 Å². The molecule has 0 atom stereocenters. The van der Waals surface area contributed by atoms with Crippen molar-refractivity contribution in [3.05, 3.63) is 77.5 Å². The van der Waals surface area contributed by atoms with Crippen molar-refractivity contribution in [2.45, 2.75) is 20.4 Å². The molecule has 1 N–H and O–H groups in total. The molecule has 2 heterocycles. The van der Waals surface area contributed by atoms with Gasteiger partial charge in [0.05, 0.1) is 0 Å². The molecule has 1 saturated heterocycles. The fraction of sp³-hybridized carbons (Fsp3) is 0.304. The number of nitrogens with zero attached hydrogens (tertiary/aromatic N) is 4. The maximum Gasteiger partial charge on any atom is 0.225 e. The Balaban J connectivity index is 1.42. The first-order valence-corrected chi connectivity index (χ1v) is 9.88. The third-order valence-corrected chi connectivity index (χ3v) is 5.26. The molecule has 144 valence electrons. The van der Waals surface area contributed by atoms with Crippen LogP contribution in [0.15, 0.2) is 60.7 Å². The Kier molecular flexibility index (Phi) is 5.42. The number of para-hydroxylation sites is 1. The van der Waals surface area contributed by atoms with Gasteiger partial charge in [-0.15, -0.1) is 0 Å². The van der Waals surface area contributed by atoms with Gasteiger partial charge in [0.1, 0.15) is 5.82 Å². The second-order valence-electron chi connectivity index (χ2n) is 7.28. The van der Waals surface area contributed by atoms with Crippen molar-refractivity contribution in [1.29, 1.82) is 0 Å². The van der Waals surface area contributed by atoms with Crippen molar-refractivity contribution < 1.29 is 0 Å². The summed E-state index contributed by atoms with van der Waals surface area (Å²) in [6, 6.07) is 21.1. The lowest BCUT2D eigenvalue weighted by Gasteiger charge is -2.36. The second kappa shape index (κ2) is 8.30. The Labute approximate surface area is 167 Å². The van der Waals surface area contributed by atoms with Crippen LogP contribution in [0.1, 0.15) is 16.8 Å². The molecular weight excluding hydrogens is 346 g/mol. The minimum Gasteiger partial charge on any atom is -0.368 e. The molecular formula is C23H27N5. The highest BCUT2D eigenvalue weighted by atomic mass is 15.3. The van der Waals surface area contributed by atoms with Gasteiger partial charge < -0.3 is 15.1 Å². The Bertz CT molecular complexity index is 917. The van der Waals surface area contributed by atoms with E-state index in [4.69, 9.17) is 4.98 Å². The van der Waals surface area contributed by atoms with E-state index in [2.05, 4.69) is 87.7 Å². The average molecular weight is 374 g/mol. The summed E-state index contributed by atoms with van der Waals surface area (Å²) < 4.78 is 0. The molecule has 4 rings (SSSR count). The van der Waals surface area contributed by atoms with Gasteiger partial charge in [-0.05, 0) is 37.1 Å². The zero-order chi connectivity index (χ0) is 19.3. The van der Waals surface area contributed by atoms with E-state index in [-0.39, 0.29) is 0 Å². The van der Waals surface area contributed by atoms with E-state index in [9.17, 15) is 0 Å². The number of hydrogen-bond donors (Lipinski definition) is 1. The summed E-state index contributed by atoms with van der Waals surface area (Å²) in [7, 11) is 0. The molecule has 0 unspecified atom stereocenters. The average Bonchev–Trinajstić information content (AvgIpc) is 2.74. The maximum atomic E-state index is 4.78. The molecule has 2 aromatic carbocycles. The topological polar surface area (TPSA) is 44.3 Å². The van der Waals surface area contributed by atoms with Gasteiger partial charge in [0.2, 0.25) is 5.95 Å². The maximum absolute atomic E-state index is 4.78. The molecule has 1 fully saturated rings. The Morgan fingerprint density at radius 3 is 2.25 bits per heavy atom. The summed E-state index contributed by atoms with van der Waals surface area (Å²) in [4.78, 5) is 14.1. The van der Waals surface area contributed by atoms with Crippen LogP contribution >= 0.6 is 0 Å². The molecule has 0 aliphatic carbocycles. The van der Waals surface area contributed by atoms with Crippen molar-refractivity contribution in [3.63, 3.8) is 0 Å². The number of benzene rings is 2. The van der Waals surface area contributed by atoms with Crippen molar-refractivity contribution in [2.24, 2.45) is 0 Å². The molecule has 5 nitrogen and oxygen atoms in total.